The standard InChI is InChI=1S/C24H32N2O3/c1-23(2,3)25(19-13-9-7-10-14-19)17-21(27)29-22(28)18-26(24(4,5)6)20-15-11-8-12-16-20/h7-16H,17-18H2,1-6H3. The van der Waals surface area contributed by atoms with Gasteiger partial charge in [-0.15, -0.1) is 0 Å². The molecule has 0 atom stereocenters. The minimum absolute atomic E-state index is 0.000107. The summed E-state index contributed by atoms with van der Waals surface area (Å²) in [6.07, 6.45) is 0. The fraction of sp³-hybridized carbons (Fsp3) is 0.417. The van der Waals surface area contributed by atoms with Crippen LogP contribution in [-0.2, 0) is 14.3 Å². The van der Waals surface area contributed by atoms with E-state index in [1.54, 1.807) is 0 Å². The lowest BCUT2D eigenvalue weighted by Crippen LogP contribution is -2.47. The molecule has 0 saturated carbocycles. The first kappa shape index (κ1) is 22.5. The van der Waals surface area contributed by atoms with Gasteiger partial charge in [-0.05, 0) is 65.8 Å². The van der Waals surface area contributed by atoms with Crippen LogP contribution in [0.1, 0.15) is 41.5 Å². The number of rotatable bonds is 6. The molecular formula is C24H32N2O3. The van der Waals surface area contributed by atoms with E-state index in [9.17, 15) is 9.59 Å². The van der Waals surface area contributed by atoms with Gasteiger partial charge in [0.05, 0.1) is 0 Å². The second-order valence-electron chi connectivity index (χ2n) is 9.03. The summed E-state index contributed by atoms with van der Waals surface area (Å²) in [5.74, 6) is -1.12. The van der Waals surface area contributed by atoms with Crippen LogP contribution in [0.2, 0.25) is 0 Å². The highest BCUT2D eigenvalue weighted by molar-refractivity contribution is 5.90. The van der Waals surface area contributed by atoms with Crippen molar-refractivity contribution in [3.8, 4) is 0 Å². The molecule has 0 radical (unpaired) electrons. The molecule has 5 heteroatoms. The number of carbonyl (C=O) groups excluding carboxylic acids is 2. The van der Waals surface area contributed by atoms with Gasteiger partial charge in [0.15, 0.2) is 0 Å². The maximum absolute atomic E-state index is 12.5. The second kappa shape index (κ2) is 9.12. The van der Waals surface area contributed by atoms with Crippen molar-refractivity contribution in [2.75, 3.05) is 22.9 Å². The Morgan fingerprint density at radius 1 is 0.655 bits per heavy atom. The molecule has 2 aromatic rings. The lowest BCUT2D eigenvalue weighted by Gasteiger charge is -2.37. The number of hydrogen-bond donors (Lipinski definition) is 0. The van der Waals surface area contributed by atoms with Crippen molar-refractivity contribution in [3.63, 3.8) is 0 Å². The molecule has 0 aliphatic carbocycles. The molecular weight excluding hydrogens is 364 g/mol. The lowest BCUT2D eigenvalue weighted by molar-refractivity contribution is -0.157. The normalized spacial score (nSPS) is 11.7. The van der Waals surface area contributed by atoms with Gasteiger partial charge in [-0.25, -0.2) is 9.59 Å². The molecule has 2 rings (SSSR count). The van der Waals surface area contributed by atoms with E-state index in [-0.39, 0.29) is 24.2 Å². The largest absolute Gasteiger partial charge is 0.390 e. The Morgan fingerprint density at radius 2 is 0.966 bits per heavy atom. The van der Waals surface area contributed by atoms with Crippen LogP contribution in [-0.4, -0.2) is 36.1 Å². The first-order valence-electron chi connectivity index (χ1n) is 9.87. The number of anilines is 2. The van der Waals surface area contributed by atoms with Crippen molar-refractivity contribution >= 4 is 23.3 Å². The maximum Gasteiger partial charge on any atom is 0.333 e. The lowest BCUT2D eigenvalue weighted by atomic mass is 10.0. The summed E-state index contributed by atoms with van der Waals surface area (Å²) in [5, 5.41) is 0. The van der Waals surface area contributed by atoms with Crippen molar-refractivity contribution in [2.24, 2.45) is 0 Å². The van der Waals surface area contributed by atoms with E-state index in [1.807, 2.05) is 112 Å². The van der Waals surface area contributed by atoms with Gasteiger partial charge in [0, 0.05) is 22.5 Å². The molecule has 2 aromatic carbocycles. The van der Waals surface area contributed by atoms with Crippen LogP contribution < -0.4 is 9.80 Å². The predicted octanol–water partition coefficient (Wildman–Crippen LogP) is 4.67. The third-order valence-electron chi connectivity index (χ3n) is 4.56. The van der Waals surface area contributed by atoms with Crippen molar-refractivity contribution in [1.82, 2.24) is 0 Å². The third kappa shape index (κ3) is 6.63. The van der Waals surface area contributed by atoms with E-state index < -0.39 is 11.9 Å². The number of benzene rings is 2. The molecule has 156 valence electrons. The van der Waals surface area contributed by atoms with E-state index in [2.05, 4.69) is 0 Å². The fourth-order valence-electron chi connectivity index (χ4n) is 3.10. The zero-order valence-electron chi connectivity index (χ0n) is 18.3. The van der Waals surface area contributed by atoms with Crippen LogP contribution in [0.4, 0.5) is 11.4 Å². The SMILES string of the molecule is CC(C)(C)N(CC(=O)OC(=O)CN(c1ccccc1)C(C)(C)C)c1ccccc1. The number of carbonyl (C=O) groups is 2. The molecule has 0 bridgehead atoms. The minimum atomic E-state index is -0.560. The molecule has 5 nitrogen and oxygen atoms in total. The summed E-state index contributed by atoms with van der Waals surface area (Å²) in [6.45, 7) is 12.1. The summed E-state index contributed by atoms with van der Waals surface area (Å²) in [4.78, 5) is 29.0. The number of esters is 2. The van der Waals surface area contributed by atoms with Gasteiger partial charge >= 0.3 is 11.9 Å². The van der Waals surface area contributed by atoms with Crippen LogP contribution in [0.15, 0.2) is 60.7 Å². The number of para-hydroxylation sites is 2. The molecule has 0 aliphatic rings. The summed E-state index contributed by atoms with van der Waals surface area (Å²) in [5.41, 5.74) is 1.21. The summed E-state index contributed by atoms with van der Waals surface area (Å²) < 4.78 is 5.18. The Balaban J connectivity index is 2.08. The monoisotopic (exact) mass is 396 g/mol. The van der Waals surface area contributed by atoms with Gasteiger partial charge in [0.25, 0.3) is 0 Å². The van der Waals surface area contributed by atoms with E-state index in [4.69, 9.17) is 4.74 Å². The van der Waals surface area contributed by atoms with Crippen LogP contribution in [0.25, 0.3) is 0 Å². The molecule has 0 spiro atoms. The third-order valence-corrected chi connectivity index (χ3v) is 4.56. The van der Waals surface area contributed by atoms with E-state index >= 15 is 0 Å². The Morgan fingerprint density at radius 3 is 1.24 bits per heavy atom. The fourth-order valence-corrected chi connectivity index (χ4v) is 3.10. The van der Waals surface area contributed by atoms with Crippen LogP contribution in [0.3, 0.4) is 0 Å². The number of ether oxygens (including phenoxy) is 1. The molecule has 0 unspecified atom stereocenters. The molecule has 0 fully saturated rings. The average molecular weight is 397 g/mol. The van der Waals surface area contributed by atoms with Crippen LogP contribution in [0, 0.1) is 0 Å². The van der Waals surface area contributed by atoms with E-state index in [0.717, 1.165) is 11.4 Å². The van der Waals surface area contributed by atoms with Crippen molar-refractivity contribution in [3.05, 3.63) is 60.7 Å². The first-order valence-corrected chi connectivity index (χ1v) is 9.87. The number of hydrogen-bond acceptors (Lipinski definition) is 5. The van der Waals surface area contributed by atoms with Crippen LogP contribution >= 0.6 is 0 Å². The van der Waals surface area contributed by atoms with Gasteiger partial charge in [-0.3, -0.25) is 0 Å². The van der Waals surface area contributed by atoms with E-state index in [0.29, 0.717) is 0 Å². The van der Waals surface area contributed by atoms with E-state index in [1.165, 1.54) is 0 Å². The highest BCUT2D eigenvalue weighted by Crippen LogP contribution is 2.24. The maximum atomic E-state index is 12.5. The smallest absolute Gasteiger partial charge is 0.333 e. The minimum Gasteiger partial charge on any atom is -0.390 e. The molecule has 0 aromatic heterocycles. The Hall–Kier alpha value is -2.82. The number of nitrogens with zero attached hydrogens (tertiary/aromatic N) is 2. The van der Waals surface area contributed by atoms with Crippen LogP contribution in [0.5, 0.6) is 0 Å². The van der Waals surface area contributed by atoms with Crippen molar-refractivity contribution in [1.29, 1.82) is 0 Å². The molecule has 29 heavy (non-hydrogen) atoms. The quantitative estimate of drug-likeness (QED) is 0.525. The molecule has 0 saturated heterocycles. The molecule has 0 N–H and O–H groups in total. The van der Waals surface area contributed by atoms with Crippen molar-refractivity contribution < 1.29 is 14.3 Å². The summed E-state index contributed by atoms with van der Waals surface area (Å²) >= 11 is 0. The van der Waals surface area contributed by atoms with Crippen molar-refractivity contribution in [2.45, 2.75) is 52.6 Å². The van der Waals surface area contributed by atoms with Gasteiger partial charge in [0.2, 0.25) is 0 Å². The Bertz CT molecular complexity index is 736. The predicted molar refractivity (Wildman–Crippen MR) is 118 cm³/mol. The highest BCUT2D eigenvalue weighted by Gasteiger charge is 2.28. The zero-order valence-corrected chi connectivity index (χ0v) is 18.3. The Kier molecular flexibility index (Phi) is 7.07. The van der Waals surface area contributed by atoms with Gasteiger partial charge in [-0.2, -0.15) is 0 Å². The zero-order chi connectivity index (χ0) is 21.7. The highest BCUT2D eigenvalue weighted by atomic mass is 16.6. The van der Waals surface area contributed by atoms with Gasteiger partial charge < -0.3 is 14.5 Å². The summed E-state index contributed by atoms with van der Waals surface area (Å²) in [6, 6.07) is 19.3. The first-order chi connectivity index (χ1) is 13.5. The van der Waals surface area contributed by atoms with Gasteiger partial charge in [-0.1, -0.05) is 36.4 Å². The average Bonchev–Trinajstić information content (AvgIpc) is 2.64. The van der Waals surface area contributed by atoms with Gasteiger partial charge in [0.1, 0.15) is 13.1 Å². The topological polar surface area (TPSA) is 49.9 Å². The second-order valence-corrected chi connectivity index (χ2v) is 9.03. The Labute approximate surface area is 174 Å². The molecule has 0 amide bonds. The molecule has 0 heterocycles. The summed E-state index contributed by atoms with van der Waals surface area (Å²) in [7, 11) is 0. The molecule has 0 aliphatic heterocycles.